The zero-order valence-corrected chi connectivity index (χ0v) is 15.7. The molecule has 3 rings (SSSR count). The van der Waals surface area contributed by atoms with Crippen molar-refractivity contribution in [2.24, 2.45) is 7.05 Å². The van der Waals surface area contributed by atoms with E-state index >= 15 is 0 Å². The number of anilines is 1. The van der Waals surface area contributed by atoms with E-state index in [1.165, 1.54) is 31.7 Å². The van der Waals surface area contributed by atoms with Crippen LogP contribution in [-0.4, -0.2) is 68.1 Å². The molecule has 0 bridgehead atoms. The van der Waals surface area contributed by atoms with Crippen molar-refractivity contribution in [3.8, 4) is 0 Å². The van der Waals surface area contributed by atoms with Crippen molar-refractivity contribution in [3.05, 3.63) is 42.1 Å². The molecule has 0 saturated heterocycles. The molecular weight excluding hydrogens is 369 g/mol. The molecule has 28 heavy (non-hydrogen) atoms. The molecule has 3 aromatic heterocycles. The van der Waals surface area contributed by atoms with Crippen molar-refractivity contribution < 1.29 is 18.7 Å². The number of alkyl halides is 1. The van der Waals surface area contributed by atoms with Crippen LogP contribution in [0.25, 0.3) is 5.65 Å². The number of halogens is 1. The first-order chi connectivity index (χ1) is 13.5. The summed E-state index contributed by atoms with van der Waals surface area (Å²) >= 11 is 0. The highest BCUT2D eigenvalue weighted by atomic mass is 19.1. The minimum Gasteiger partial charge on any atom is -0.462 e. The summed E-state index contributed by atoms with van der Waals surface area (Å²) in [4.78, 5) is 29.7. The number of aryl methyl sites for hydroxylation is 1. The molecular formula is C17H20FN7O3. The molecule has 0 aliphatic heterocycles. The van der Waals surface area contributed by atoms with Gasteiger partial charge in [0.05, 0.1) is 18.5 Å². The quantitative estimate of drug-likeness (QED) is 0.441. The molecule has 10 nitrogen and oxygen atoms in total. The van der Waals surface area contributed by atoms with Gasteiger partial charge in [-0.25, -0.2) is 28.7 Å². The topological polar surface area (TPSA) is 97.9 Å². The number of carbonyl (C=O) groups excluding carboxylic acids is 2. The third kappa shape index (κ3) is 3.56. The second-order valence-electron chi connectivity index (χ2n) is 5.89. The highest BCUT2D eigenvalue weighted by Gasteiger charge is 2.30. The molecule has 3 aromatic rings. The third-order valence-electron chi connectivity index (χ3n) is 4.09. The Kier molecular flexibility index (Phi) is 5.64. The van der Waals surface area contributed by atoms with Gasteiger partial charge in [-0.05, 0) is 13.0 Å². The highest BCUT2D eigenvalue weighted by Crippen LogP contribution is 2.22. The van der Waals surface area contributed by atoms with Crippen molar-refractivity contribution in [1.29, 1.82) is 0 Å². The van der Waals surface area contributed by atoms with Gasteiger partial charge in [0.15, 0.2) is 5.65 Å². The number of hydrogen-bond donors (Lipinski definition) is 0. The van der Waals surface area contributed by atoms with E-state index in [1.54, 1.807) is 39.3 Å². The Morgan fingerprint density at radius 2 is 2.11 bits per heavy atom. The maximum Gasteiger partial charge on any atom is 0.342 e. The van der Waals surface area contributed by atoms with Gasteiger partial charge in [-0.3, -0.25) is 9.48 Å². The molecule has 11 heteroatoms. The molecule has 0 atom stereocenters. The summed E-state index contributed by atoms with van der Waals surface area (Å²) in [7, 11) is 3.12. The Morgan fingerprint density at radius 3 is 2.82 bits per heavy atom. The van der Waals surface area contributed by atoms with Gasteiger partial charge in [-0.2, -0.15) is 10.2 Å². The maximum atomic E-state index is 13.4. The molecule has 0 aliphatic rings. The van der Waals surface area contributed by atoms with Gasteiger partial charge < -0.3 is 4.74 Å². The first kappa shape index (κ1) is 19.4. The number of aromatic nitrogens is 5. The van der Waals surface area contributed by atoms with Crippen LogP contribution in [0.3, 0.4) is 0 Å². The van der Waals surface area contributed by atoms with E-state index in [0.29, 0.717) is 11.3 Å². The largest absolute Gasteiger partial charge is 0.462 e. The van der Waals surface area contributed by atoms with Gasteiger partial charge in [0.25, 0.3) is 5.91 Å². The molecule has 148 valence electrons. The smallest absolute Gasteiger partial charge is 0.342 e. The Morgan fingerprint density at radius 1 is 1.32 bits per heavy atom. The highest BCUT2D eigenvalue weighted by molar-refractivity contribution is 6.10. The van der Waals surface area contributed by atoms with Gasteiger partial charge in [0.2, 0.25) is 0 Å². The molecule has 0 aromatic carbocycles. The predicted molar refractivity (Wildman–Crippen MR) is 97.6 cm³/mol. The van der Waals surface area contributed by atoms with Crippen LogP contribution in [0.1, 0.15) is 27.8 Å². The number of hydrazine groups is 1. The van der Waals surface area contributed by atoms with Gasteiger partial charge in [-0.1, -0.05) is 0 Å². The number of nitrogens with zero attached hydrogens (tertiary/aromatic N) is 7. The van der Waals surface area contributed by atoms with Crippen LogP contribution in [0.2, 0.25) is 0 Å². The minimum atomic E-state index is -0.663. The van der Waals surface area contributed by atoms with Gasteiger partial charge >= 0.3 is 5.97 Å². The number of amides is 1. The summed E-state index contributed by atoms with van der Waals surface area (Å²) in [5.74, 6) is -1.21. The molecule has 1 amide bonds. The maximum absolute atomic E-state index is 13.4. The molecule has 0 fully saturated rings. The Balaban J connectivity index is 2.07. The van der Waals surface area contributed by atoms with E-state index in [-0.39, 0.29) is 24.4 Å². The number of hydrogen-bond acceptors (Lipinski definition) is 7. The van der Waals surface area contributed by atoms with E-state index in [4.69, 9.17) is 4.74 Å². The standard InChI is InChI=1S/C17H20FN7O3/c1-4-28-17(27)13-10-20-23(3)15(13)16(26)25(22(2)8-6-18)12-5-7-24-14(9-12)19-11-21-24/h5,7,9-11H,4,6,8H2,1-3H3. The van der Waals surface area contributed by atoms with E-state index in [2.05, 4.69) is 15.2 Å². The Labute approximate surface area is 160 Å². The molecule has 3 heterocycles. The van der Waals surface area contributed by atoms with Crippen molar-refractivity contribution in [1.82, 2.24) is 29.4 Å². The van der Waals surface area contributed by atoms with Crippen LogP contribution in [0.4, 0.5) is 10.1 Å². The summed E-state index contributed by atoms with van der Waals surface area (Å²) in [6.07, 6.45) is 4.30. The number of rotatable bonds is 7. The lowest BCUT2D eigenvalue weighted by Crippen LogP contribution is -2.46. The normalized spacial score (nSPS) is 11.2. The van der Waals surface area contributed by atoms with Crippen molar-refractivity contribution in [3.63, 3.8) is 0 Å². The number of carbonyl (C=O) groups is 2. The van der Waals surface area contributed by atoms with Crippen LogP contribution >= 0.6 is 0 Å². The SMILES string of the molecule is CCOC(=O)c1cnn(C)c1C(=O)N(c1ccn2ncnc2c1)N(C)CCF. The van der Waals surface area contributed by atoms with Gasteiger partial charge in [0.1, 0.15) is 24.3 Å². The molecule has 0 saturated carbocycles. The van der Waals surface area contributed by atoms with Gasteiger partial charge in [0, 0.05) is 32.9 Å². The summed E-state index contributed by atoms with van der Waals surface area (Å²) in [5, 5.41) is 10.7. The Bertz CT molecular complexity index is 1000. The van der Waals surface area contributed by atoms with Crippen molar-refractivity contribution >= 4 is 23.2 Å². The fourth-order valence-electron chi connectivity index (χ4n) is 2.78. The fraction of sp³-hybridized carbons (Fsp3) is 0.353. The van der Waals surface area contributed by atoms with Crippen molar-refractivity contribution in [2.45, 2.75) is 6.92 Å². The van der Waals surface area contributed by atoms with Crippen LogP contribution in [0.15, 0.2) is 30.9 Å². The summed E-state index contributed by atoms with van der Waals surface area (Å²) < 4.78 is 20.9. The minimum absolute atomic E-state index is 0.0315. The predicted octanol–water partition coefficient (Wildman–Crippen LogP) is 1.10. The summed E-state index contributed by atoms with van der Waals surface area (Å²) in [5.41, 5.74) is 1.03. The molecule has 0 aliphatic carbocycles. The van der Waals surface area contributed by atoms with E-state index < -0.39 is 18.6 Å². The van der Waals surface area contributed by atoms with Crippen LogP contribution in [0, 0.1) is 0 Å². The molecule has 0 N–H and O–H groups in total. The lowest BCUT2D eigenvalue weighted by atomic mass is 10.2. The number of ether oxygens (including phenoxy) is 1. The summed E-state index contributed by atoms with van der Waals surface area (Å²) in [6.45, 7) is 1.14. The Hall–Kier alpha value is -3.34. The average Bonchev–Trinajstić information content (AvgIpc) is 3.28. The zero-order chi connectivity index (χ0) is 20.3. The third-order valence-corrected chi connectivity index (χ3v) is 4.09. The number of esters is 1. The zero-order valence-electron chi connectivity index (χ0n) is 15.7. The molecule has 0 spiro atoms. The lowest BCUT2D eigenvalue weighted by Gasteiger charge is -2.31. The van der Waals surface area contributed by atoms with Crippen LogP contribution in [0.5, 0.6) is 0 Å². The fourth-order valence-corrected chi connectivity index (χ4v) is 2.78. The molecule has 0 unspecified atom stereocenters. The second-order valence-corrected chi connectivity index (χ2v) is 5.89. The monoisotopic (exact) mass is 389 g/mol. The van der Waals surface area contributed by atoms with Crippen LogP contribution in [-0.2, 0) is 11.8 Å². The van der Waals surface area contributed by atoms with Crippen LogP contribution < -0.4 is 5.01 Å². The second kappa shape index (κ2) is 8.13. The first-order valence-corrected chi connectivity index (χ1v) is 8.57. The van der Waals surface area contributed by atoms with E-state index in [9.17, 15) is 14.0 Å². The van der Waals surface area contributed by atoms with Gasteiger partial charge in [-0.15, -0.1) is 0 Å². The van der Waals surface area contributed by atoms with Crippen molar-refractivity contribution in [2.75, 3.05) is 31.9 Å². The van der Waals surface area contributed by atoms with E-state index in [0.717, 1.165) is 0 Å². The number of fused-ring (bicyclic) bond motifs is 1. The van der Waals surface area contributed by atoms with E-state index in [1.807, 2.05) is 0 Å². The first-order valence-electron chi connectivity index (χ1n) is 8.57. The summed E-state index contributed by atoms with van der Waals surface area (Å²) in [6, 6.07) is 3.29. The average molecular weight is 389 g/mol. The lowest BCUT2D eigenvalue weighted by molar-refractivity contribution is 0.0521. The number of pyridine rings is 1. The molecule has 0 radical (unpaired) electrons.